The number of fused-ring (bicyclic) bond motifs is 1. The summed E-state index contributed by atoms with van der Waals surface area (Å²) in [6, 6.07) is 8.21. The van der Waals surface area contributed by atoms with E-state index in [4.69, 9.17) is 5.10 Å². The summed E-state index contributed by atoms with van der Waals surface area (Å²) in [5.74, 6) is 3.81. The van der Waals surface area contributed by atoms with Gasteiger partial charge in [0.25, 0.3) is 0 Å². The molecule has 0 radical (unpaired) electrons. The Kier molecular flexibility index (Phi) is 3.40. The molecule has 6 heteroatoms. The van der Waals surface area contributed by atoms with Gasteiger partial charge in [0.15, 0.2) is 5.82 Å². The Labute approximate surface area is 165 Å². The van der Waals surface area contributed by atoms with Gasteiger partial charge in [-0.25, -0.2) is 0 Å². The minimum atomic E-state index is 0.522. The van der Waals surface area contributed by atoms with Crippen LogP contribution >= 0.6 is 27.3 Å². The maximum atomic E-state index is 4.95. The molecule has 0 atom stereocenters. The lowest BCUT2D eigenvalue weighted by molar-refractivity contribution is -0.0522. The molecule has 3 aromatic rings. The summed E-state index contributed by atoms with van der Waals surface area (Å²) in [4.78, 5) is 0.916. The van der Waals surface area contributed by atoms with Gasteiger partial charge in [-0.3, -0.25) is 0 Å². The van der Waals surface area contributed by atoms with Crippen molar-refractivity contribution < 1.29 is 0 Å². The molecule has 2 aromatic heterocycles. The number of halogens is 1. The molecule has 26 heavy (non-hydrogen) atoms. The highest BCUT2D eigenvalue weighted by Crippen LogP contribution is 2.61. The zero-order valence-electron chi connectivity index (χ0n) is 14.6. The molecule has 134 valence electrons. The lowest BCUT2D eigenvalue weighted by atomic mass is 9.49. The zero-order valence-corrected chi connectivity index (χ0v) is 17.0. The Hall–Kier alpha value is -1.27. The van der Waals surface area contributed by atoms with Crippen molar-refractivity contribution in [2.75, 3.05) is 0 Å². The Balaban J connectivity index is 1.34. The molecule has 0 unspecified atom stereocenters. The van der Waals surface area contributed by atoms with Gasteiger partial charge < -0.3 is 0 Å². The predicted molar refractivity (Wildman–Crippen MR) is 106 cm³/mol. The first-order valence-electron chi connectivity index (χ1n) is 9.63. The molecule has 4 nitrogen and oxygen atoms in total. The SMILES string of the molecule is Brc1cccc(-c2nnc3sc(CC45CC6CC(CC(C6)C4)C5)nn23)c1. The first-order chi connectivity index (χ1) is 12.7. The van der Waals surface area contributed by atoms with Gasteiger partial charge in [-0.1, -0.05) is 39.4 Å². The number of aromatic nitrogens is 4. The van der Waals surface area contributed by atoms with Crippen molar-refractivity contribution in [2.45, 2.75) is 44.9 Å². The first kappa shape index (κ1) is 15.8. The van der Waals surface area contributed by atoms with Crippen LogP contribution in [0, 0.1) is 23.2 Å². The van der Waals surface area contributed by atoms with E-state index in [1.165, 1.54) is 43.5 Å². The maximum absolute atomic E-state index is 4.95. The Morgan fingerprint density at radius 3 is 2.50 bits per heavy atom. The van der Waals surface area contributed by atoms with Crippen molar-refractivity contribution in [3.8, 4) is 11.4 Å². The summed E-state index contributed by atoms with van der Waals surface area (Å²) >= 11 is 5.28. The predicted octanol–water partition coefficient (Wildman–Crippen LogP) is 5.37. The fraction of sp³-hybridized carbons (Fsp3) is 0.550. The standard InChI is InChI=1S/C20H21BrN4S/c21-16-3-1-2-15(7-16)18-22-23-19-25(18)24-17(26-19)11-20-8-12-4-13(9-20)6-14(5-12)10-20/h1-3,7,12-14H,4-6,8-11H2. The molecule has 2 heterocycles. The van der Waals surface area contributed by atoms with Gasteiger partial charge in [0.1, 0.15) is 5.01 Å². The molecule has 0 spiro atoms. The topological polar surface area (TPSA) is 43.1 Å². The summed E-state index contributed by atoms with van der Waals surface area (Å²) in [6.07, 6.45) is 9.92. The highest BCUT2D eigenvalue weighted by Gasteiger charge is 2.51. The van der Waals surface area contributed by atoms with Crippen LogP contribution in [0.15, 0.2) is 28.7 Å². The Morgan fingerprint density at radius 2 is 1.81 bits per heavy atom. The molecule has 1 aromatic carbocycles. The molecule has 0 saturated heterocycles. The van der Waals surface area contributed by atoms with E-state index < -0.39 is 0 Å². The van der Waals surface area contributed by atoms with Crippen molar-refractivity contribution in [1.29, 1.82) is 0 Å². The summed E-state index contributed by atoms with van der Waals surface area (Å²) in [7, 11) is 0. The van der Waals surface area contributed by atoms with Gasteiger partial charge in [-0.05, 0) is 73.8 Å². The Bertz CT molecular complexity index is 955. The Morgan fingerprint density at radius 1 is 1.08 bits per heavy atom. The third-order valence-electron chi connectivity index (χ3n) is 6.81. The second kappa shape index (κ2) is 5.61. The van der Waals surface area contributed by atoms with Gasteiger partial charge in [-0.15, -0.1) is 10.2 Å². The fourth-order valence-corrected chi connectivity index (χ4v) is 7.77. The molecule has 0 N–H and O–H groups in total. The number of hydrogen-bond donors (Lipinski definition) is 0. The van der Waals surface area contributed by atoms with Crippen LogP contribution < -0.4 is 0 Å². The first-order valence-corrected chi connectivity index (χ1v) is 11.2. The average molecular weight is 429 g/mol. The van der Waals surface area contributed by atoms with Crippen molar-refractivity contribution >= 4 is 32.2 Å². The van der Waals surface area contributed by atoms with E-state index in [1.54, 1.807) is 11.3 Å². The smallest absolute Gasteiger partial charge is 0.183 e. The van der Waals surface area contributed by atoms with Gasteiger partial charge in [0.05, 0.1) is 0 Å². The van der Waals surface area contributed by atoms with Crippen LogP contribution in [0.1, 0.15) is 43.5 Å². The molecule has 4 aliphatic rings. The van der Waals surface area contributed by atoms with Gasteiger partial charge in [0.2, 0.25) is 4.96 Å². The van der Waals surface area contributed by atoms with E-state index in [0.29, 0.717) is 5.41 Å². The van der Waals surface area contributed by atoms with Crippen molar-refractivity contribution in [3.63, 3.8) is 0 Å². The van der Waals surface area contributed by atoms with E-state index in [9.17, 15) is 0 Å². The number of hydrogen-bond acceptors (Lipinski definition) is 4. The summed E-state index contributed by atoms with van der Waals surface area (Å²) in [6.45, 7) is 0. The maximum Gasteiger partial charge on any atom is 0.234 e. The van der Waals surface area contributed by atoms with E-state index in [1.807, 2.05) is 16.6 Å². The second-order valence-electron chi connectivity index (χ2n) is 8.82. The summed E-state index contributed by atoms with van der Waals surface area (Å²) in [5, 5.41) is 15.0. The number of nitrogens with zero attached hydrogens (tertiary/aromatic N) is 4. The minimum absolute atomic E-state index is 0.522. The van der Waals surface area contributed by atoms with Crippen LogP contribution in [0.2, 0.25) is 0 Å². The largest absolute Gasteiger partial charge is 0.234 e. The molecule has 4 fully saturated rings. The van der Waals surface area contributed by atoms with E-state index >= 15 is 0 Å². The van der Waals surface area contributed by atoms with E-state index in [-0.39, 0.29) is 0 Å². The molecular formula is C20H21BrN4S. The number of rotatable bonds is 3. The van der Waals surface area contributed by atoms with Gasteiger partial charge >= 0.3 is 0 Å². The van der Waals surface area contributed by atoms with Crippen LogP contribution in [0.25, 0.3) is 16.3 Å². The van der Waals surface area contributed by atoms with E-state index in [2.05, 4.69) is 38.3 Å². The lowest BCUT2D eigenvalue weighted by Crippen LogP contribution is -2.47. The second-order valence-corrected chi connectivity index (χ2v) is 10.8. The zero-order chi connectivity index (χ0) is 17.3. The highest BCUT2D eigenvalue weighted by molar-refractivity contribution is 9.10. The van der Waals surface area contributed by atoms with E-state index in [0.717, 1.165) is 45.0 Å². The quantitative estimate of drug-likeness (QED) is 0.562. The van der Waals surface area contributed by atoms with Crippen molar-refractivity contribution in [3.05, 3.63) is 33.7 Å². The fourth-order valence-electron chi connectivity index (χ4n) is 6.36. The summed E-state index contributed by atoms with van der Waals surface area (Å²) in [5.41, 5.74) is 1.58. The third-order valence-corrected chi connectivity index (χ3v) is 8.20. The lowest BCUT2D eigenvalue weighted by Gasteiger charge is -2.56. The molecular weight excluding hydrogens is 408 g/mol. The molecule has 0 aliphatic heterocycles. The third kappa shape index (κ3) is 2.48. The van der Waals surface area contributed by atoms with Crippen LogP contribution in [-0.2, 0) is 6.42 Å². The molecule has 4 bridgehead atoms. The van der Waals surface area contributed by atoms with Gasteiger partial charge in [-0.2, -0.15) is 9.61 Å². The summed E-state index contributed by atoms with van der Waals surface area (Å²) < 4.78 is 3.00. The van der Waals surface area contributed by atoms with Crippen LogP contribution in [0.3, 0.4) is 0 Å². The monoisotopic (exact) mass is 428 g/mol. The molecule has 7 rings (SSSR count). The van der Waals surface area contributed by atoms with Crippen LogP contribution in [0.5, 0.6) is 0 Å². The van der Waals surface area contributed by atoms with Gasteiger partial charge in [0, 0.05) is 16.5 Å². The average Bonchev–Trinajstić information content (AvgIpc) is 3.12. The van der Waals surface area contributed by atoms with Crippen molar-refractivity contribution in [2.24, 2.45) is 23.2 Å². The molecule has 4 saturated carbocycles. The van der Waals surface area contributed by atoms with Crippen LogP contribution in [-0.4, -0.2) is 19.8 Å². The normalized spacial score (nSPS) is 32.6. The minimum Gasteiger partial charge on any atom is -0.183 e. The molecule has 0 amide bonds. The molecule has 4 aliphatic carbocycles. The number of benzene rings is 1. The van der Waals surface area contributed by atoms with Crippen LogP contribution in [0.4, 0.5) is 0 Å². The van der Waals surface area contributed by atoms with Crippen molar-refractivity contribution in [1.82, 2.24) is 19.8 Å². The highest BCUT2D eigenvalue weighted by atomic mass is 79.9.